The van der Waals surface area contributed by atoms with E-state index in [1.54, 1.807) is 12.1 Å². The third-order valence-corrected chi connectivity index (χ3v) is 7.56. The fourth-order valence-electron chi connectivity index (χ4n) is 3.33. The van der Waals surface area contributed by atoms with Crippen molar-refractivity contribution in [1.82, 2.24) is 19.3 Å². The number of hydrogen-bond acceptors (Lipinski definition) is 7. The minimum absolute atomic E-state index is 0.218. The molecule has 0 bridgehead atoms. The van der Waals surface area contributed by atoms with Crippen LogP contribution < -0.4 is 0 Å². The summed E-state index contributed by atoms with van der Waals surface area (Å²) in [5.74, 6) is 0. The lowest BCUT2D eigenvalue weighted by atomic mass is 10.2. The number of aromatic nitrogens is 3. The summed E-state index contributed by atoms with van der Waals surface area (Å²) in [6.07, 6.45) is 4.72. The lowest BCUT2D eigenvalue weighted by Crippen LogP contribution is -2.27. The molecule has 5 rings (SSSR count). The van der Waals surface area contributed by atoms with E-state index in [2.05, 4.69) is 15.0 Å². The van der Waals surface area contributed by atoms with Crippen LogP contribution in [0.15, 0.2) is 68.3 Å². The molecule has 7 nitrogen and oxygen atoms in total. The van der Waals surface area contributed by atoms with Crippen LogP contribution in [0.2, 0.25) is 0 Å². The van der Waals surface area contributed by atoms with Crippen molar-refractivity contribution in [1.29, 1.82) is 0 Å². The van der Waals surface area contributed by atoms with E-state index >= 15 is 0 Å². The van der Waals surface area contributed by atoms with E-state index in [9.17, 15) is 8.42 Å². The summed E-state index contributed by atoms with van der Waals surface area (Å²) in [4.78, 5) is 13.2. The molecule has 4 aromatic rings. The lowest BCUT2D eigenvalue weighted by Gasteiger charge is -2.15. The van der Waals surface area contributed by atoms with Crippen molar-refractivity contribution in [2.75, 3.05) is 13.1 Å². The maximum absolute atomic E-state index is 12.6. The first-order valence-corrected chi connectivity index (χ1v) is 11.1. The summed E-state index contributed by atoms with van der Waals surface area (Å²) in [7, 11) is -3.46. The van der Waals surface area contributed by atoms with Gasteiger partial charge >= 0.3 is 0 Å². The number of furan rings is 1. The molecular weight excluding hydrogens is 396 g/mol. The summed E-state index contributed by atoms with van der Waals surface area (Å²) in [5, 5.41) is 2.21. The highest BCUT2D eigenvalue weighted by molar-refractivity contribution is 7.99. The molecule has 0 aliphatic carbocycles. The Kier molecular flexibility index (Phi) is 4.30. The molecule has 0 saturated carbocycles. The highest BCUT2D eigenvalue weighted by Crippen LogP contribution is 2.35. The number of hydrogen-bond donors (Lipinski definition) is 0. The zero-order chi connectivity index (χ0) is 19.1. The van der Waals surface area contributed by atoms with Gasteiger partial charge in [-0.15, -0.1) is 0 Å². The zero-order valence-electron chi connectivity index (χ0n) is 14.8. The molecule has 1 fully saturated rings. The van der Waals surface area contributed by atoms with Crippen LogP contribution in [0.5, 0.6) is 0 Å². The smallest absolute Gasteiger partial charge is 0.244 e. The largest absolute Gasteiger partial charge is 0.451 e. The van der Waals surface area contributed by atoms with Crippen molar-refractivity contribution in [3.05, 3.63) is 48.9 Å². The Bertz CT molecular complexity index is 1260. The van der Waals surface area contributed by atoms with Gasteiger partial charge in [0.1, 0.15) is 32.4 Å². The van der Waals surface area contributed by atoms with Crippen LogP contribution in [0.3, 0.4) is 0 Å². The van der Waals surface area contributed by atoms with E-state index in [1.807, 2.05) is 24.3 Å². The maximum Gasteiger partial charge on any atom is 0.244 e. The molecule has 9 heteroatoms. The third kappa shape index (κ3) is 2.95. The second-order valence-corrected chi connectivity index (χ2v) is 9.45. The topological polar surface area (TPSA) is 89.2 Å². The minimum atomic E-state index is -3.46. The molecule has 1 aromatic carbocycles. The Hall–Kier alpha value is -2.49. The van der Waals surface area contributed by atoms with Crippen molar-refractivity contribution < 1.29 is 12.8 Å². The quantitative estimate of drug-likeness (QED) is 0.472. The van der Waals surface area contributed by atoms with Crippen molar-refractivity contribution in [2.24, 2.45) is 0 Å². The summed E-state index contributed by atoms with van der Waals surface area (Å²) < 4.78 is 32.7. The van der Waals surface area contributed by atoms with E-state index < -0.39 is 10.0 Å². The molecule has 4 heterocycles. The van der Waals surface area contributed by atoms with E-state index in [1.165, 1.54) is 28.6 Å². The van der Waals surface area contributed by atoms with Crippen molar-refractivity contribution >= 4 is 43.9 Å². The Balaban J connectivity index is 1.47. The molecule has 3 aromatic heterocycles. The lowest BCUT2D eigenvalue weighted by molar-refractivity contribution is 0.477. The van der Waals surface area contributed by atoms with Gasteiger partial charge in [0.2, 0.25) is 10.0 Å². The highest BCUT2D eigenvalue weighted by Gasteiger charge is 2.27. The van der Waals surface area contributed by atoms with Crippen LogP contribution in [0.25, 0.3) is 22.1 Å². The van der Waals surface area contributed by atoms with Gasteiger partial charge in [-0.1, -0.05) is 12.1 Å². The zero-order valence-corrected chi connectivity index (χ0v) is 16.4. The highest BCUT2D eigenvalue weighted by atomic mass is 32.2. The summed E-state index contributed by atoms with van der Waals surface area (Å²) in [6, 6.07) is 11.0. The first-order chi connectivity index (χ1) is 13.6. The third-order valence-electron chi connectivity index (χ3n) is 4.74. The predicted molar refractivity (Wildman–Crippen MR) is 106 cm³/mol. The molecule has 1 saturated heterocycles. The maximum atomic E-state index is 12.6. The number of rotatable bonds is 4. The molecule has 0 radical (unpaired) electrons. The average Bonchev–Trinajstić information content (AvgIpc) is 3.38. The first-order valence-electron chi connectivity index (χ1n) is 8.89. The monoisotopic (exact) mass is 412 g/mol. The number of fused-ring (bicyclic) bond motifs is 3. The second-order valence-electron chi connectivity index (χ2n) is 6.50. The van der Waals surface area contributed by atoms with Crippen molar-refractivity contribution in [3.8, 4) is 0 Å². The Morgan fingerprint density at radius 1 is 1.00 bits per heavy atom. The summed E-state index contributed by atoms with van der Waals surface area (Å²) in [6.45, 7) is 1.15. The second kappa shape index (κ2) is 6.84. The molecule has 0 spiro atoms. The Morgan fingerprint density at radius 2 is 1.82 bits per heavy atom. The van der Waals surface area contributed by atoms with Crippen LogP contribution in [0.1, 0.15) is 12.8 Å². The van der Waals surface area contributed by atoms with Gasteiger partial charge in [0.15, 0.2) is 5.58 Å². The van der Waals surface area contributed by atoms with Gasteiger partial charge in [-0.3, -0.25) is 0 Å². The molecule has 0 N–H and O–H groups in total. The molecule has 0 atom stereocenters. The van der Waals surface area contributed by atoms with Crippen LogP contribution >= 0.6 is 11.8 Å². The van der Waals surface area contributed by atoms with Crippen LogP contribution in [-0.2, 0) is 10.0 Å². The number of nitrogens with zero attached hydrogens (tertiary/aromatic N) is 4. The standard InChI is InChI=1S/C19H16N4O3S2/c24-28(25,23-9-3-4-10-23)13-7-8-16(20-11-13)27-19-18-17(21-12-22-19)14-5-1-2-6-15(14)26-18/h1-2,5-8,11-12H,3-4,9-10H2. The molecular formula is C19H16N4O3S2. The minimum Gasteiger partial charge on any atom is -0.451 e. The van der Waals surface area contributed by atoms with Gasteiger partial charge in [-0.2, -0.15) is 4.31 Å². The van der Waals surface area contributed by atoms with Gasteiger partial charge in [-0.25, -0.2) is 23.4 Å². The Labute approximate surface area is 165 Å². The van der Waals surface area contributed by atoms with Gasteiger partial charge in [-0.05, 0) is 48.9 Å². The number of para-hydroxylation sites is 1. The Morgan fingerprint density at radius 3 is 2.61 bits per heavy atom. The fraction of sp³-hybridized carbons (Fsp3) is 0.211. The molecule has 1 aliphatic heterocycles. The van der Waals surface area contributed by atoms with Gasteiger partial charge in [0, 0.05) is 24.7 Å². The SMILES string of the molecule is O=S(=O)(c1ccc(Sc2ncnc3c2oc2ccccc23)nc1)N1CCCC1. The van der Waals surface area contributed by atoms with Crippen molar-refractivity contribution in [3.63, 3.8) is 0 Å². The fourth-order valence-corrected chi connectivity index (χ4v) is 5.57. The first kappa shape index (κ1) is 17.6. The van der Waals surface area contributed by atoms with E-state index in [0.29, 0.717) is 28.7 Å². The van der Waals surface area contributed by atoms with E-state index in [-0.39, 0.29) is 4.90 Å². The van der Waals surface area contributed by atoms with Crippen molar-refractivity contribution in [2.45, 2.75) is 27.8 Å². The molecule has 28 heavy (non-hydrogen) atoms. The number of benzene rings is 1. The molecule has 0 unspecified atom stereocenters. The normalized spacial score (nSPS) is 15.6. The predicted octanol–water partition coefficient (Wildman–Crippen LogP) is 3.71. The van der Waals surface area contributed by atoms with Crippen LogP contribution in [0.4, 0.5) is 0 Å². The molecule has 142 valence electrons. The average molecular weight is 412 g/mol. The number of sulfonamides is 1. The van der Waals surface area contributed by atoms with E-state index in [0.717, 1.165) is 29.3 Å². The van der Waals surface area contributed by atoms with Crippen LogP contribution in [-0.4, -0.2) is 40.8 Å². The van der Waals surface area contributed by atoms with Crippen LogP contribution in [0, 0.1) is 0 Å². The number of pyridine rings is 1. The summed E-state index contributed by atoms with van der Waals surface area (Å²) >= 11 is 1.32. The van der Waals surface area contributed by atoms with Gasteiger partial charge in [0.25, 0.3) is 0 Å². The summed E-state index contributed by atoms with van der Waals surface area (Å²) in [5.41, 5.74) is 2.10. The van der Waals surface area contributed by atoms with Gasteiger partial charge in [0.05, 0.1) is 0 Å². The van der Waals surface area contributed by atoms with E-state index in [4.69, 9.17) is 4.42 Å². The molecule has 0 amide bonds. The molecule has 1 aliphatic rings. The van der Waals surface area contributed by atoms with Gasteiger partial charge < -0.3 is 4.42 Å².